The van der Waals surface area contributed by atoms with Gasteiger partial charge in [-0.1, -0.05) is 23.7 Å². The Balaban J connectivity index is 1.56. The zero-order chi connectivity index (χ0) is 24.7. The lowest BCUT2D eigenvalue weighted by molar-refractivity contribution is 0.614. The Bertz CT molecular complexity index is 1620. The molecule has 0 bridgehead atoms. The Kier molecular flexibility index (Phi) is 5.81. The quantitative estimate of drug-likeness (QED) is 0.388. The van der Waals surface area contributed by atoms with E-state index in [4.69, 9.17) is 11.6 Å². The molecule has 0 saturated carbocycles. The van der Waals surface area contributed by atoms with Crippen molar-refractivity contribution < 1.29 is 4.39 Å². The standard InChI is InChI=1S/C24H22ClFN8O/c1-14-4-5-15(6-19(14)26)10-34-12-17(8-22-27-13-33(3)31-22)23(35)29-24(34)28-21-7-16-11-32(2)30-20(16)9-18(21)25/h4-7,9,11-13H,8,10H2,1-3H3,(H,28,29,35). The van der Waals surface area contributed by atoms with E-state index >= 15 is 0 Å². The van der Waals surface area contributed by atoms with E-state index in [2.05, 4.69) is 25.5 Å². The van der Waals surface area contributed by atoms with Crippen LogP contribution in [0.1, 0.15) is 22.5 Å². The largest absolute Gasteiger partial charge is 0.324 e. The first-order valence-corrected chi connectivity index (χ1v) is 11.2. The minimum atomic E-state index is -0.412. The Labute approximate surface area is 204 Å². The highest BCUT2D eigenvalue weighted by Gasteiger charge is 2.15. The predicted molar refractivity (Wildman–Crippen MR) is 132 cm³/mol. The lowest BCUT2D eigenvalue weighted by Crippen LogP contribution is -2.21. The highest BCUT2D eigenvalue weighted by molar-refractivity contribution is 6.34. The molecular weight excluding hydrogens is 471 g/mol. The van der Waals surface area contributed by atoms with Gasteiger partial charge in [-0.3, -0.25) is 14.2 Å². The van der Waals surface area contributed by atoms with Crippen LogP contribution >= 0.6 is 11.6 Å². The second-order valence-corrected chi connectivity index (χ2v) is 8.84. The van der Waals surface area contributed by atoms with Crippen LogP contribution < -0.4 is 10.9 Å². The molecule has 0 radical (unpaired) electrons. The fraction of sp³-hybridized carbons (Fsp3) is 0.208. The van der Waals surface area contributed by atoms with Gasteiger partial charge in [0, 0.05) is 43.9 Å². The maximum atomic E-state index is 14.2. The van der Waals surface area contributed by atoms with Crippen molar-refractivity contribution in [2.75, 3.05) is 5.32 Å². The van der Waals surface area contributed by atoms with Crippen LogP contribution in [0.3, 0.4) is 0 Å². The summed E-state index contributed by atoms with van der Waals surface area (Å²) in [6.45, 7) is 1.99. The molecule has 5 aromatic rings. The number of halogens is 2. The van der Waals surface area contributed by atoms with Crippen molar-refractivity contribution in [1.29, 1.82) is 0 Å². The Morgan fingerprint density at radius 3 is 2.66 bits per heavy atom. The lowest BCUT2D eigenvalue weighted by atomic mass is 10.1. The van der Waals surface area contributed by atoms with Crippen LogP contribution in [0.25, 0.3) is 10.9 Å². The molecule has 5 rings (SSSR count). The SMILES string of the molecule is Cc1ccc(Cn2cc(Cc3ncn(C)n3)c(=O)nc2Nc2cc3cn(C)nc3cc2Cl)cc1F. The summed E-state index contributed by atoms with van der Waals surface area (Å²) in [4.78, 5) is 21.4. The number of benzene rings is 2. The van der Waals surface area contributed by atoms with Gasteiger partial charge in [0.2, 0.25) is 5.95 Å². The van der Waals surface area contributed by atoms with Gasteiger partial charge in [-0.25, -0.2) is 9.37 Å². The molecule has 0 fully saturated rings. The first kappa shape index (κ1) is 22.7. The maximum absolute atomic E-state index is 14.2. The molecule has 0 aliphatic heterocycles. The fourth-order valence-corrected chi connectivity index (χ4v) is 4.04. The van der Waals surface area contributed by atoms with Gasteiger partial charge in [-0.05, 0) is 36.2 Å². The van der Waals surface area contributed by atoms with Gasteiger partial charge in [0.05, 0.1) is 22.8 Å². The lowest BCUT2D eigenvalue weighted by Gasteiger charge is -2.16. The number of hydrogen-bond donors (Lipinski definition) is 1. The molecule has 0 aliphatic carbocycles. The number of nitrogens with zero attached hydrogens (tertiary/aromatic N) is 7. The molecule has 3 heterocycles. The van der Waals surface area contributed by atoms with Gasteiger partial charge in [-0.2, -0.15) is 15.2 Å². The molecule has 0 aliphatic rings. The van der Waals surface area contributed by atoms with Crippen LogP contribution in [0.15, 0.2) is 53.8 Å². The van der Waals surface area contributed by atoms with Gasteiger partial charge in [0.25, 0.3) is 5.56 Å². The number of rotatable bonds is 6. The van der Waals surface area contributed by atoms with Gasteiger partial charge >= 0.3 is 0 Å². The Morgan fingerprint density at radius 1 is 1.09 bits per heavy atom. The number of fused-ring (bicyclic) bond motifs is 1. The zero-order valence-corrected chi connectivity index (χ0v) is 20.1. The summed E-state index contributed by atoms with van der Waals surface area (Å²) in [6.07, 6.45) is 5.36. The van der Waals surface area contributed by atoms with E-state index in [9.17, 15) is 9.18 Å². The first-order valence-electron chi connectivity index (χ1n) is 10.8. The number of anilines is 2. The monoisotopic (exact) mass is 492 g/mol. The topological polar surface area (TPSA) is 95.5 Å². The molecule has 1 N–H and O–H groups in total. The molecule has 2 aromatic carbocycles. The average molecular weight is 493 g/mol. The summed E-state index contributed by atoms with van der Waals surface area (Å²) < 4.78 is 19.3. The van der Waals surface area contributed by atoms with Crippen LogP contribution in [0.2, 0.25) is 5.02 Å². The van der Waals surface area contributed by atoms with Crippen LogP contribution in [0.4, 0.5) is 16.0 Å². The van der Waals surface area contributed by atoms with Crippen molar-refractivity contribution in [3.8, 4) is 0 Å². The van der Waals surface area contributed by atoms with Gasteiger partial charge in [0.15, 0.2) is 5.82 Å². The fourth-order valence-electron chi connectivity index (χ4n) is 3.83. The molecule has 178 valence electrons. The zero-order valence-electron chi connectivity index (χ0n) is 19.3. The summed E-state index contributed by atoms with van der Waals surface area (Å²) in [5.74, 6) is 0.484. The van der Waals surface area contributed by atoms with Crippen LogP contribution in [0, 0.1) is 12.7 Å². The van der Waals surface area contributed by atoms with E-state index in [1.165, 1.54) is 6.07 Å². The summed E-state index contributed by atoms with van der Waals surface area (Å²) >= 11 is 6.50. The van der Waals surface area contributed by atoms with Gasteiger partial charge in [-0.15, -0.1) is 0 Å². The van der Waals surface area contributed by atoms with E-state index < -0.39 is 5.56 Å². The van der Waals surface area contributed by atoms with Crippen molar-refractivity contribution in [2.45, 2.75) is 19.9 Å². The summed E-state index contributed by atoms with van der Waals surface area (Å²) in [6, 6.07) is 8.64. The van der Waals surface area contributed by atoms with E-state index in [1.807, 2.05) is 25.4 Å². The maximum Gasteiger partial charge on any atom is 0.278 e. The van der Waals surface area contributed by atoms with E-state index in [0.717, 1.165) is 16.5 Å². The van der Waals surface area contributed by atoms with Crippen molar-refractivity contribution in [3.63, 3.8) is 0 Å². The number of nitrogens with one attached hydrogen (secondary N) is 1. The Morgan fingerprint density at radius 2 is 1.91 bits per heavy atom. The second-order valence-electron chi connectivity index (χ2n) is 8.44. The third-order valence-electron chi connectivity index (χ3n) is 5.60. The minimum absolute atomic E-state index is 0.220. The highest BCUT2D eigenvalue weighted by Crippen LogP contribution is 2.29. The van der Waals surface area contributed by atoms with E-state index in [-0.39, 0.29) is 24.7 Å². The van der Waals surface area contributed by atoms with Crippen molar-refractivity contribution in [1.82, 2.24) is 34.1 Å². The molecule has 9 nitrogen and oxygen atoms in total. The molecule has 3 aromatic heterocycles. The number of aryl methyl sites for hydroxylation is 3. The summed E-state index contributed by atoms with van der Waals surface area (Å²) in [7, 11) is 3.59. The molecular formula is C24H22ClFN8O. The number of hydrogen-bond acceptors (Lipinski definition) is 6. The van der Waals surface area contributed by atoms with Crippen molar-refractivity contribution >= 4 is 34.1 Å². The van der Waals surface area contributed by atoms with Crippen molar-refractivity contribution in [3.05, 3.63) is 92.8 Å². The van der Waals surface area contributed by atoms with E-state index in [0.29, 0.717) is 27.7 Å². The Hall–Kier alpha value is -4.05. The normalized spacial score (nSPS) is 11.3. The van der Waals surface area contributed by atoms with Crippen LogP contribution in [-0.4, -0.2) is 34.1 Å². The molecule has 35 heavy (non-hydrogen) atoms. The summed E-state index contributed by atoms with van der Waals surface area (Å²) in [5.41, 5.74) is 2.61. The number of aromatic nitrogens is 7. The van der Waals surface area contributed by atoms with Gasteiger partial charge < -0.3 is 9.88 Å². The smallest absolute Gasteiger partial charge is 0.278 e. The molecule has 0 saturated heterocycles. The average Bonchev–Trinajstić information content (AvgIpc) is 3.37. The first-order chi connectivity index (χ1) is 16.7. The molecule has 0 spiro atoms. The molecule has 0 unspecified atom stereocenters. The molecule has 0 atom stereocenters. The van der Waals surface area contributed by atoms with Crippen LogP contribution in [-0.2, 0) is 27.1 Å². The second kappa shape index (κ2) is 8.95. The third kappa shape index (κ3) is 4.78. The molecule has 11 heteroatoms. The predicted octanol–water partition coefficient (Wildman–Crippen LogP) is 3.74. The minimum Gasteiger partial charge on any atom is -0.324 e. The van der Waals surface area contributed by atoms with Gasteiger partial charge in [0.1, 0.15) is 12.1 Å². The highest BCUT2D eigenvalue weighted by atomic mass is 35.5. The molecule has 0 amide bonds. The third-order valence-corrected chi connectivity index (χ3v) is 5.92. The van der Waals surface area contributed by atoms with E-state index in [1.54, 1.807) is 52.6 Å². The van der Waals surface area contributed by atoms with Crippen molar-refractivity contribution in [2.24, 2.45) is 14.1 Å². The van der Waals surface area contributed by atoms with Crippen LogP contribution in [0.5, 0.6) is 0 Å². The summed E-state index contributed by atoms with van der Waals surface area (Å²) in [5, 5.41) is 13.1.